The zero-order valence-corrected chi connectivity index (χ0v) is 16.6. The maximum Gasteiger partial charge on any atom is 0.271 e. The highest BCUT2D eigenvalue weighted by Crippen LogP contribution is 2.25. The fourth-order valence-electron chi connectivity index (χ4n) is 3.00. The van der Waals surface area contributed by atoms with Gasteiger partial charge in [-0.3, -0.25) is 10.1 Å². The Hall–Kier alpha value is -3.46. The van der Waals surface area contributed by atoms with Gasteiger partial charge in [-0.25, -0.2) is 14.1 Å². The molecule has 1 aliphatic heterocycles. The second-order valence-corrected chi connectivity index (χ2v) is 6.93. The molecule has 154 valence electrons. The van der Waals surface area contributed by atoms with Gasteiger partial charge in [-0.05, 0) is 29.8 Å². The van der Waals surface area contributed by atoms with Gasteiger partial charge in [0.05, 0.1) is 19.4 Å². The Morgan fingerprint density at radius 3 is 3.00 bits per heavy atom. The first-order chi connectivity index (χ1) is 14.5. The van der Waals surface area contributed by atoms with E-state index in [1.165, 1.54) is 23.1 Å². The number of nitrogens with one attached hydrogen (secondary N) is 1. The van der Waals surface area contributed by atoms with Crippen LogP contribution in [0, 0.1) is 5.82 Å². The van der Waals surface area contributed by atoms with E-state index in [-0.39, 0.29) is 23.9 Å². The van der Waals surface area contributed by atoms with Crippen molar-refractivity contribution >= 4 is 29.2 Å². The van der Waals surface area contributed by atoms with Crippen LogP contribution in [-0.2, 0) is 16.2 Å². The summed E-state index contributed by atoms with van der Waals surface area (Å²) in [6.07, 6.45) is 0.933. The van der Waals surface area contributed by atoms with E-state index in [4.69, 9.17) is 21.2 Å². The smallest absolute Gasteiger partial charge is 0.271 e. The van der Waals surface area contributed by atoms with Gasteiger partial charge >= 0.3 is 0 Å². The number of anilines is 1. The molecule has 1 N–H and O–H groups in total. The van der Waals surface area contributed by atoms with Gasteiger partial charge in [-0.15, -0.1) is 5.10 Å². The van der Waals surface area contributed by atoms with Crippen LogP contribution in [0.15, 0.2) is 53.9 Å². The van der Waals surface area contributed by atoms with Crippen LogP contribution in [-0.4, -0.2) is 39.6 Å². The molecular formula is C20H17ClFN5O3. The van der Waals surface area contributed by atoms with Crippen molar-refractivity contribution in [1.82, 2.24) is 14.8 Å². The minimum absolute atomic E-state index is 0.118. The van der Waals surface area contributed by atoms with Crippen molar-refractivity contribution in [2.75, 3.05) is 12.4 Å². The number of hydrogen-bond donors (Lipinski definition) is 1. The SMILES string of the molecule is COc1ccccc1C1=NOC(C(=O)Nc2ncn(Cc3ccc(F)cc3Cl)n2)C1. The predicted octanol–water partition coefficient (Wildman–Crippen LogP) is 3.26. The third-order valence-electron chi connectivity index (χ3n) is 4.50. The molecule has 2 aromatic carbocycles. The van der Waals surface area contributed by atoms with Gasteiger partial charge in [0.25, 0.3) is 5.91 Å². The molecule has 1 aliphatic rings. The summed E-state index contributed by atoms with van der Waals surface area (Å²) < 4.78 is 20.0. The molecule has 0 saturated carbocycles. The van der Waals surface area contributed by atoms with Gasteiger partial charge in [-0.1, -0.05) is 35.0 Å². The molecule has 10 heteroatoms. The number of oxime groups is 1. The second-order valence-electron chi connectivity index (χ2n) is 6.53. The average molecular weight is 430 g/mol. The summed E-state index contributed by atoms with van der Waals surface area (Å²) in [5.41, 5.74) is 2.07. The van der Waals surface area contributed by atoms with E-state index in [1.54, 1.807) is 13.2 Å². The molecule has 1 amide bonds. The van der Waals surface area contributed by atoms with E-state index in [9.17, 15) is 9.18 Å². The zero-order valence-electron chi connectivity index (χ0n) is 15.9. The molecule has 0 aliphatic carbocycles. The lowest BCUT2D eigenvalue weighted by molar-refractivity contribution is -0.125. The van der Waals surface area contributed by atoms with Crippen LogP contribution in [0.2, 0.25) is 5.02 Å². The van der Waals surface area contributed by atoms with E-state index >= 15 is 0 Å². The highest BCUT2D eigenvalue weighted by atomic mass is 35.5. The highest BCUT2D eigenvalue weighted by molar-refractivity contribution is 6.31. The lowest BCUT2D eigenvalue weighted by Crippen LogP contribution is -2.28. The molecule has 1 unspecified atom stereocenters. The molecule has 0 radical (unpaired) electrons. The number of amides is 1. The number of carbonyl (C=O) groups is 1. The lowest BCUT2D eigenvalue weighted by atomic mass is 10.0. The van der Waals surface area contributed by atoms with Crippen molar-refractivity contribution in [3.63, 3.8) is 0 Å². The molecule has 8 nitrogen and oxygen atoms in total. The van der Waals surface area contributed by atoms with E-state index in [0.717, 1.165) is 5.56 Å². The van der Waals surface area contributed by atoms with Gasteiger partial charge in [0.1, 0.15) is 17.9 Å². The minimum atomic E-state index is -0.802. The average Bonchev–Trinajstić information content (AvgIpc) is 3.40. The Morgan fingerprint density at radius 1 is 1.37 bits per heavy atom. The summed E-state index contributed by atoms with van der Waals surface area (Å²) in [5, 5.41) is 11.1. The van der Waals surface area contributed by atoms with Gasteiger partial charge < -0.3 is 9.57 Å². The van der Waals surface area contributed by atoms with Gasteiger partial charge in [0.2, 0.25) is 12.1 Å². The molecule has 0 fully saturated rings. The first kappa shape index (κ1) is 19.8. The fourth-order valence-corrected chi connectivity index (χ4v) is 3.23. The summed E-state index contributed by atoms with van der Waals surface area (Å²) in [6.45, 7) is 0.281. The van der Waals surface area contributed by atoms with Crippen molar-refractivity contribution < 1.29 is 18.8 Å². The minimum Gasteiger partial charge on any atom is -0.496 e. The molecule has 0 bridgehead atoms. The van der Waals surface area contributed by atoms with E-state index in [1.807, 2.05) is 24.3 Å². The first-order valence-electron chi connectivity index (χ1n) is 9.04. The topological polar surface area (TPSA) is 90.6 Å². The van der Waals surface area contributed by atoms with Crippen molar-refractivity contribution in [1.29, 1.82) is 0 Å². The van der Waals surface area contributed by atoms with Crippen molar-refractivity contribution in [3.05, 3.63) is 70.8 Å². The number of benzene rings is 2. The Morgan fingerprint density at radius 2 is 2.20 bits per heavy atom. The molecule has 30 heavy (non-hydrogen) atoms. The van der Waals surface area contributed by atoms with Crippen LogP contribution in [0.5, 0.6) is 5.75 Å². The molecule has 2 heterocycles. The van der Waals surface area contributed by atoms with E-state index < -0.39 is 17.8 Å². The number of nitrogens with zero attached hydrogens (tertiary/aromatic N) is 4. The van der Waals surface area contributed by atoms with Crippen LogP contribution in [0.1, 0.15) is 17.5 Å². The Labute approximate surface area is 176 Å². The number of rotatable bonds is 6. The first-order valence-corrected chi connectivity index (χ1v) is 9.41. The number of aromatic nitrogens is 3. The monoisotopic (exact) mass is 429 g/mol. The predicted molar refractivity (Wildman–Crippen MR) is 108 cm³/mol. The van der Waals surface area contributed by atoms with Crippen molar-refractivity contribution in [2.45, 2.75) is 19.1 Å². The van der Waals surface area contributed by atoms with E-state index in [0.29, 0.717) is 17.0 Å². The molecule has 3 aromatic rings. The highest BCUT2D eigenvalue weighted by Gasteiger charge is 2.30. The fraction of sp³-hybridized carbons (Fsp3) is 0.200. The summed E-state index contributed by atoms with van der Waals surface area (Å²) >= 11 is 6.03. The molecule has 4 rings (SSSR count). The van der Waals surface area contributed by atoms with Crippen LogP contribution in [0.25, 0.3) is 0 Å². The summed E-state index contributed by atoms with van der Waals surface area (Å²) in [7, 11) is 1.57. The number of halogens is 2. The maximum absolute atomic E-state index is 13.2. The number of carbonyl (C=O) groups excluding carboxylic acids is 1. The van der Waals surface area contributed by atoms with Gasteiger partial charge in [0.15, 0.2) is 0 Å². The molecule has 1 aromatic heterocycles. The Bertz CT molecular complexity index is 1120. The number of ether oxygens (including phenoxy) is 1. The van der Waals surface area contributed by atoms with Crippen LogP contribution >= 0.6 is 11.6 Å². The van der Waals surface area contributed by atoms with Crippen LogP contribution in [0.3, 0.4) is 0 Å². The third-order valence-corrected chi connectivity index (χ3v) is 4.85. The normalized spacial score (nSPS) is 15.4. The van der Waals surface area contributed by atoms with Gasteiger partial charge in [-0.2, -0.15) is 0 Å². The molecule has 1 atom stereocenters. The standard InChI is InChI=1S/C20H17ClFN5O3/c1-29-17-5-3-2-4-14(17)16-9-18(30-26-16)19(28)24-20-23-11-27(25-20)10-12-6-7-13(22)8-15(12)21/h2-8,11,18H,9-10H2,1H3,(H,24,25,28). The lowest BCUT2D eigenvalue weighted by Gasteiger charge is -2.08. The molecule has 0 spiro atoms. The van der Waals surface area contributed by atoms with Crippen molar-refractivity contribution in [3.8, 4) is 5.75 Å². The molecular weight excluding hydrogens is 413 g/mol. The Kier molecular flexibility index (Phi) is 5.62. The van der Waals surface area contributed by atoms with Crippen LogP contribution < -0.4 is 10.1 Å². The van der Waals surface area contributed by atoms with E-state index in [2.05, 4.69) is 20.6 Å². The van der Waals surface area contributed by atoms with Crippen LogP contribution in [0.4, 0.5) is 10.3 Å². The number of methoxy groups -OCH3 is 1. The largest absolute Gasteiger partial charge is 0.496 e. The third kappa shape index (κ3) is 4.25. The van der Waals surface area contributed by atoms with Gasteiger partial charge in [0, 0.05) is 17.0 Å². The quantitative estimate of drug-likeness (QED) is 0.649. The number of para-hydroxylation sites is 1. The summed E-state index contributed by atoms with van der Waals surface area (Å²) in [4.78, 5) is 21.9. The summed E-state index contributed by atoms with van der Waals surface area (Å²) in [5.74, 6) is -0.0591. The second kappa shape index (κ2) is 8.50. The number of hydrogen-bond acceptors (Lipinski definition) is 6. The summed E-state index contributed by atoms with van der Waals surface area (Å²) in [6, 6.07) is 11.5. The van der Waals surface area contributed by atoms with Crippen molar-refractivity contribution in [2.24, 2.45) is 5.16 Å². The maximum atomic E-state index is 13.2. The zero-order chi connectivity index (χ0) is 21.1. The molecule has 0 saturated heterocycles. The Balaban J connectivity index is 1.37.